The zero-order valence-corrected chi connectivity index (χ0v) is 11.2. The largest absolute Gasteiger partial charge is 0.339 e. The highest BCUT2D eigenvalue weighted by Gasteiger charge is 2.45. The van der Waals surface area contributed by atoms with Crippen molar-refractivity contribution in [3.63, 3.8) is 0 Å². The first kappa shape index (κ1) is 12.2. The van der Waals surface area contributed by atoms with E-state index in [4.69, 9.17) is 15.2 Å². The van der Waals surface area contributed by atoms with Crippen LogP contribution in [-0.4, -0.2) is 16.7 Å². The minimum absolute atomic E-state index is 0.0486. The van der Waals surface area contributed by atoms with Gasteiger partial charge in [-0.1, -0.05) is 37.8 Å². The molecule has 0 unspecified atom stereocenters. The molecular formula is C14H23N3O. The maximum atomic E-state index is 6.05. The minimum atomic E-state index is -0.0486. The molecule has 2 fully saturated rings. The molecule has 0 aliphatic heterocycles. The van der Waals surface area contributed by atoms with Crippen LogP contribution in [0.3, 0.4) is 0 Å². The van der Waals surface area contributed by atoms with Crippen molar-refractivity contribution in [3.05, 3.63) is 11.7 Å². The van der Waals surface area contributed by atoms with E-state index in [2.05, 4.69) is 12.1 Å². The lowest BCUT2D eigenvalue weighted by molar-refractivity contribution is 0.255. The molecule has 0 amide bonds. The van der Waals surface area contributed by atoms with Crippen molar-refractivity contribution in [3.8, 4) is 0 Å². The van der Waals surface area contributed by atoms with Crippen molar-refractivity contribution in [2.24, 2.45) is 5.73 Å². The maximum Gasteiger partial charge on any atom is 0.234 e. The monoisotopic (exact) mass is 249 g/mol. The summed E-state index contributed by atoms with van der Waals surface area (Å²) < 4.78 is 5.58. The Morgan fingerprint density at radius 2 is 1.78 bits per heavy atom. The van der Waals surface area contributed by atoms with Crippen molar-refractivity contribution < 1.29 is 4.52 Å². The highest BCUT2D eigenvalue weighted by atomic mass is 16.5. The third-order valence-electron chi connectivity index (χ3n) is 4.87. The maximum absolute atomic E-state index is 6.05. The predicted octanol–water partition coefficient (Wildman–Crippen LogP) is 2.67. The normalized spacial score (nSPS) is 25.7. The van der Waals surface area contributed by atoms with Gasteiger partial charge in [-0.05, 0) is 25.7 Å². The molecule has 1 aromatic rings. The van der Waals surface area contributed by atoms with Crippen LogP contribution in [0.1, 0.15) is 70.0 Å². The van der Waals surface area contributed by atoms with E-state index < -0.39 is 0 Å². The Morgan fingerprint density at radius 3 is 2.33 bits per heavy atom. The summed E-state index contributed by atoms with van der Waals surface area (Å²) in [5.74, 6) is 1.70. The van der Waals surface area contributed by atoms with Gasteiger partial charge in [0.05, 0.1) is 5.41 Å². The van der Waals surface area contributed by atoms with Crippen LogP contribution in [0.25, 0.3) is 0 Å². The Bertz CT molecular complexity index is 414. The lowest BCUT2D eigenvalue weighted by Crippen LogP contribution is -2.35. The number of hydrogen-bond donors (Lipinski definition) is 1. The van der Waals surface area contributed by atoms with Gasteiger partial charge in [-0.15, -0.1) is 0 Å². The first-order chi connectivity index (χ1) is 8.69. The minimum Gasteiger partial charge on any atom is -0.339 e. The molecule has 1 aromatic heterocycles. The third kappa shape index (κ3) is 1.96. The first-order valence-electron chi connectivity index (χ1n) is 7.23. The highest BCUT2D eigenvalue weighted by molar-refractivity contribution is 5.17. The number of rotatable bonds is 3. The van der Waals surface area contributed by atoms with E-state index in [1.165, 1.54) is 38.5 Å². The van der Waals surface area contributed by atoms with Crippen LogP contribution in [0.15, 0.2) is 4.52 Å². The summed E-state index contributed by atoms with van der Waals surface area (Å²) >= 11 is 0. The Morgan fingerprint density at radius 1 is 1.11 bits per heavy atom. The molecule has 1 heterocycles. The van der Waals surface area contributed by atoms with Crippen molar-refractivity contribution in [2.45, 2.75) is 69.1 Å². The van der Waals surface area contributed by atoms with Crippen LogP contribution < -0.4 is 5.73 Å². The second-order valence-electron chi connectivity index (χ2n) is 6.38. The fraction of sp³-hybridized carbons (Fsp3) is 0.857. The molecule has 4 heteroatoms. The quantitative estimate of drug-likeness (QED) is 0.836. The molecule has 100 valence electrons. The van der Waals surface area contributed by atoms with E-state index in [-0.39, 0.29) is 10.8 Å². The molecule has 0 bridgehead atoms. The molecule has 0 spiro atoms. The smallest absolute Gasteiger partial charge is 0.234 e. The van der Waals surface area contributed by atoms with E-state index >= 15 is 0 Å². The zero-order valence-electron chi connectivity index (χ0n) is 11.2. The summed E-state index contributed by atoms with van der Waals surface area (Å²) in [5, 5.41) is 4.21. The van der Waals surface area contributed by atoms with Crippen LogP contribution in [-0.2, 0) is 10.8 Å². The average molecular weight is 249 g/mol. The molecule has 18 heavy (non-hydrogen) atoms. The van der Waals surface area contributed by atoms with Crippen LogP contribution in [0.4, 0.5) is 0 Å². The summed E-state index contributed by atoms with van der Waals surface area (Å²) in [5.41, 5.74) is 6.18. The first-order valence-corrected chi connectivity index (χ1v) is 7.23. The van der Waals surface area contributed by atoms with Crippen LogP contribution in [0.2, 0.25) is 0 Å². The molecule has 3 rings (SSSR count). The van der Waals surface area contributed by atoms with Gasteiger partial charge in [-0.25, -0.2) is 0 Å². The summed E-state index contributed by atoms with van der Waals surface area (Å²) in [6, 6.07) is 0. The van der Waals surface area contributed by atoms with E-state index in [9.17, 15) is 0 Å². The lowest BCUT2D eigenvalue weighted by Gasteiger charge is -2.26. The Kier molecular flexibility index (Phi) is 2.93. The molecule has 0 saturated heterocycles. The van der Waals surface area contributed by atoms with Gasteiger partial charge in [-0.2, -0.15) is 4.98 Å². The second kappa shape index (κ2) is 4.34. The average Bonchev–Trinajstić information content (AvgIpc) is 3.01. The van der Waals surface area contributed by atoms with Gasteiger partial charge in [0.25, 0.3) is 0 Å². The van der Waals surface area contributed by atoms with E-state index in [1.807, 2.05) is 0 Å². The van der Waals surface area contributed by atoms with E-state index in [0.717, 1.165) is 24.6 Å². The summed E-state index contributed by atoms with van der Waals surface area (Å²) in [4.78, 5) is 4.69. The number of nitrogens with zero attached hydrogens (tertiary/aromatic N) is 2. The Balaban J connectivity index is 1.88. The lowest BCUT2D eigenvalue weighted by atomic mass is 9.80. The van der Waals surface area contributed by atoms with Crippen molar-refractivity contribution in [2.75, 3.05) is 6.54 Å². The van der Waals surface area contributed by atoms with Gasteiger partial charge in [0.1, 0.15) is 0 Å². The van der Waals surface area contributed by atoms with Gasteiger partial charge in [-0.3, -0.25) is 0 Å². The summed E-state index contributed by atoms with van der Waals surface area (Å²) in [6.45, 7) is 2.84. The fourth-order valence-electron chi connectivity index (χ4n) is 3.01. The Hall–Kier alpha value is -0.900. The molecule has 2 N–H and O–H groups in total. The second-order valence-corrected chi connectivity index (χ2v) is 6.38. The van der Waals surface area contributed by atoms with E-state index in [0.29, 0.717) is 6.54 Å². The highest BCUT2D eigenvalue weighted by Crippen LogP contribution is 2.47. The van der Waals surface area contributed by atoms with Crippen LogP contribution in [0.5, 0.6) is 0 Å². The molecule has 4 nitrogen and oxygen atoms in total. The Labute approximate surface area is 108 Å². The molecule has 0 radical (unpaired) electrons. The van der Waals surface area contributed by atoms with Gasteiger partial charge in [0.2, 0.25) is 5.89 Å². The summed E-state index contributed by atoms with van der Waals surface area (Å²) in [6.07, 6.45) is 9.63. The van der Waals surface area contributed by atoms with Gasteiger partial charge < -0.3 is 10.3 Å². The predicted molar refractivity (Wildman–Crippen MR) is 69.3 cm³/mol. The van der Waals surface area contributed by atoms with Crippen LogP contribution in [0, 0.1) is 0 Å². The molecule has 2 aliphatic carbocycles. The molecular weight excluding hydrogens is 226 g/mol. The van der Waals surface area contributed by atoms with Gasteiger partial charge in [0.15, 0.2) is 5.82 Å². The number of nitrogens with two attached hydrogens (primary N) is 1. The van der Waals surface area contributed by atoms with Gasteiger partial charge in [0, 0.05) is 12.0 Å². The third-order valence-corrected chi connectivity index (χ3v) is 4.87. The molecule has 0 atom stereocenters. The fourth-order valence-corrected chi connectivity index (χ4v) is 3.01. The van der Waals surface area contributed by atoms with Crippen molar-refractivity contribution in [1.29, 1.82) is 0 Å². The summed E-state index contributed by atoms with van der Waals surface area (Å²) in [7, 11) is 0. The number of hydrogen-bond acceptors (Lipinski definition) is 4. The standard InChI is InChI=1S/C14H23N3O/c1-13(8-9-13)11-16-12(18-17-11)14(10-15)6-4-2-3-5-7-14/h2-10,15H2,1H3. The molecule has 2 aliphatic rings. The molecule has 0 aromatic carbocycles. The van der Waals surface area contributed by atoms with Crippen molar-refractivity contribution in [1.82, 2.24) is 10.1 Å². The van der Waals surface area contributed by atoms with Crippen molar-refractivity contribution >= 4 is 0 Å². The van der Waals surface area contributed by atoms with E-state index in [1.54, 1.807) is 0 Å². The van der Waals surface area contributed by atoms with Crippen LogP contribution >= 0.6 is 0 Å². The van der Waals surface area contributed by atoms with Gasteiger partial charge >= 0.3 is 0 Å². The zero-order chi connectivity index (χ0) is 12.6. The SMILES string of the molecule is CC1(c2noc(C3(CN)CCCCCC3)n2)CC1. The topological polar surface area (TPSA) is 64.9 Å². The molecule has 2 saturated carbocycles. The number of aromatic nitrogens is 2.